The Morgan fingerprint density at radius 1 is 1.00 bits per heavy atom. The van der Waals surface area contributed by atoms with Crippen molar-refractivity contribution in [2.24, 2.45) is 0 Å². The summed E-state index contributed by atoms with van der Waals surface area (Å²) in [6.07, 6.45) is 1.81. The summed E-state index contributed by atoms with van der Waals surface area (Å²) in [4.78, 5) is 4.34. The van der Waals surface area contributed by atoms with Gasteiger partial charge in [0, 0.05) is 29.5 Å². The highest BCUT2D eigenvalue weighted by molar-refractivity contribution is 5.93. The monoisotopic (exact) mass is 249 g/mol. The average molecular weight is 249 g/mol. The number of nitrogen functional groups attached to an aromatic ring is 1. The molecule has 19 heavy (non-hydrogen) atoms. The SMILES string of the molecule is Nc1ccc2nccc(NCc3ccccc3)c2c1. The predicted octanol–water partition coefficient (Wildman–Crippen LogP) is 3.43. The fourth-order valence-corrected chi connectivity index (χ4v) is 2.11. The van der Waals surface area contributed by atoms with E-state index in [1.54, 1.807) is 0 Å². The molecule has 0 atom stereocenters. The minimum absolute atomic E-state index is 0.753. The highest BCUT2D eigenvalue weighted by Gasteiger charge is 2.02. The van der Waals surface area contributed by atoms with E-state index in [1.807, 2.05) is 48.7 Å². The lowest BCUT2D eigenvalue weighted by atomic mass is 10.1. The summed E-state index contributed by atoms with van der Waals surface area (Å²) in [5, 5.41) is 4.49. The molecule has 0 aliphatic heterocycles. The van der Waals surface area contributed by atoms with Crippen LogP contribution in [0.25, 0.3) is 10.9 Å². The van der Waals surface area contributed by atoms with Gasteiger partial charge in [0.1, 0.15) is 0 Å². The van der Waals surface area contributed by atoms with Gasteiger partial charge in [0.15, 0.2) is 0 Å². The summed E-state index contributed by atoms with van der Waals surface area (Å²) >= 11 is 0. The van der Waals surface area contributed by atoms with Gasteiger partial charge in [-0.15, -0.1) is 0 Å². The van der Waals surface area contributed by atoms with E-state index in [-0.39, 0.29) is 0 Å². The van der Waals surface area contributed by atoms with E-state index in [0.717, 1.165) is 28.8 Å². The smallest absolute Gasteiger partial charge is 0.0724 e. The minimum Gasteiger partial charge on any atom is -0.399 e. The van der Waals surface area contributed by atoms with Crippen molar-refractivity contribution in [1.29, 1.82) is 0 Å². The summed E-state index contributed by atoms with van der Waals surface area (Å²) in [6.45, 7) is 0.786. The van der Waals surface area contributed by atoms with Gasteiger partial charge in [0.05, 0.1) is 5.52 Å². The maximum Gasteiger partial charge on any atom is 0.0724 e. The lowest BCUT2D eigenvalue weighted by molar-refractivity contribution is 1.15. The van der Waals surface area contributed by atoms with Crippen LogP contribution in [0.3, 0.4) is 0 Å². The van der Waals surface area contributed by atoms with Crippen molar-refractivity contribution in [3.8, 4) is 0 Å². The van der Waals surface area contributed by atoms with Crippen molar-refractivity contribution in [2.45, 2.75) is 6.54 Å². The number of anilines is 2. The molecule has 0 saturated heterocycles. The summed E-state index contributed by atoms with van der Waals surface area (Å²) < 4.78 is 0. The highest BCUT2D eigenvalue weighted by atomic mass is 14.9. The third-order valence-electron chi connectivity index (χ3n) is 3.09. The predicted molar refractivity (Wildman–Crippen MR) is 79.9 cm³/mol. The number of nitrogens with one attached hydrogen (secondary N) is 1. The second-order valence-electron chi connectivity index (χ2n) is 4.47. The van der Waals surface area contributed by atoms with Crippen LogP contribution in [-0.2, 0) is 6.54 Å². The lowest BCUT2D eigenvalue weighted by Crippen LogP contribution is -2.00. The number of nitrogens with zero attached hydrogens (tertiary/aromatic N) is 1. The quantitative estimate of drug-likeness (QED) is 0.699. The van der Waals surface area contributed by atoms with Gasteiger partial charge < -0.3 is 11.1 Å². The molecule has 0 aliphatic carbocycles. The molecule has 0 saturated carbocycles. The molecular weight excluding hydrogens is 234 g/mol. The molecule has 3 N–H and O–H groups in total. The normalized spacial score (nSPS) is 10.5. The van der Waals surface area contributed by atoms with Crippen molar-refractivity contribution in [3.63, 3.8) is 0 Å². The number of aromatic nitrogens is 1. The van der Waals surface area contributed by atoms with Crippen LogP contribution >= 0.6 is 0 Å². The van der Waals surface area contributed by atoms with Crippen molar-refractivity contribution in [1.82, 2.24) is 4.98 Å². The van der Waals surface area contributed by atoms with Crippen LogP contribution in [-0.4, -0.2) is 4.98 Å². The molecule has 3 heteroatoms. The van der Waals surface area contributed by atoms with Gasteiger partial charge in [0.2, 0.25) is 0 Å². The van der Waals surface area contributed by atoms with Gasteiger partial charge in [-0.3, -0.25) is 4.98 Å². The number of benzene rings is 2. The zero-order chi connectivity index (χ0) is 13.1. The molecule has 0 aliphatic rings. The summed E-state index contributed by atoms with van der Waals surface area (Å²) in [5.74, 6) is 0. The number of hydrogen-bond donors (Lipinski definition) is 2. The molecule has 3 nitrogen and oxygen atoms in total. The first kappa shape index (κ1) is 11.5. The van der Waals surface area contributed by atoms with Gasteiger partial charge in [-0.25, -0.2) is 0 Å². The van der Waals surface area contributed by atoms with Crippen molar-refractivity contribution >= 4 is 22.3 Å². The van der Waals surface area contributed by atoms with Gasteiger partial charge in [-0.2, -0.15) is 0 Å². The fraction of sp³-hybridized carbons (Fsp3) is 0.0625. The largest absolute Gasteiger partial charge is 0.399 e. The molecular formula is C16H15N3. The molecule has 0 radical (unpaired) electrons. The summed E-state index contributed by atoms with van der Waals surface area (Å²) in [6, 6.07) is 18.1. The molecule has 0 fully saturated rings. The Morgan fingerprint density at radius 3 is 2.68 bits per heavy atom. The standard InChI is InChI=1S/C16H15N3/c17-13-6-7-15-14(10-13)16(8-9-18-15)19-11-12-4-2-1-3-5-12/h1-10H,11,17H2,(H,18,19). The van der Waals surface area contributed by atoms with E-state index in [2.05, 4.69) is 22.4 Å². The zero-order valence-electron chi connectivity index (χ0n) is 10.5. The molecule has 0 spiro atoms. The number of fused-ring (bicyclic) bond motifs is 1. The van der Waals surface area contributed by atoms with E-state index in [9.17, 15) is 0 Å². The van der Waals surface area contributed by atoms with Crippen molar-refractivity contribution < 1.29 is 0 Å². The van der Waals surface area contributed by atoms with Gasteiger partial charge in [-0.05, 0) is 29.8 Å². The van der Waals surface area contributed by atoms with Crippen LogP contribution in [0.4, 0.5) is 11.4 Å². The van der Waals surface area contributed by atoms with Crippen molar-refractivity contribution in [2.75, 3.05) is 11.1 Å². The molecule has 3 aromatic rings. The molecule has 94 valence electrons. The Bertz CT molecular complexity index is 693. The lowest BCUT2D eigenvalue weighted by Gasteiger charge is -2.10. The Hall–Kier alpha value is -2.55. The highest BCUT2D eigenvalue weighted by Crippen LogP contribution is 2.24. The Labute approximate surface area is 112 Å². The van der Waals surface area contributed by atoms with Crippen LogP contribution in [0.1, 0.15) is 5.56 Å². The zero-order valence-corrected chi connectivity index (χ0v) is 10.5. The number of hydrogen-bond acceptors (Lipinski definition) is 3. The van der Waals surface area contributed by atoms with Crippen LogP contribution in [0, 0.1) is 0 Å². The third-order valence-corrected chi connectivity index (χ3v) is 3.09. The Balaban J connectivity index is 1.90. The average Bonchev–Trinajstić information content (AvgIpc) is 2.46. The number of nitrogens with two attached hydrogens (primary N) is 1. The van der Waals surface area contributed by atoms with E-state index in [1.165, 1.54) is 5.56 Å². The first-order chi connectivity index (χ1) is 9.33. The van der Waals surface area contributed by atoms with E-state index < -0.39 is 0 Å². The minimum atomic E-state index is 0.753. The molecule has 0 bridgehead atoms. The molecule has 1 aromatic heterocycles. The van der Waals surface area contributed by atoms with Crippen LogP contribution in [0.15, 0.2) is 60.8 Å². The second-order valence-corrected chi connectivity index (χ2v) is 4.47. The Morgan fingerprint density at radius 2 is 1.84 bits per heavy atom. The summed E-state index contributed by atoms with van der Waals surface area (Å²) in [5.41, 5.74) is 9.85. The molecule has 1 heterocycles. The van der Waals surface area contributed by atoms with Crippen LogP contribution in [0.5, 0.6) is 0 Å². The molecule has 0 amide bonds. The first-order valence-electron chi connectivity index (χ1n) is 6.25. The molecule has 3 rings (SSSR count). The van der Waals surface area contributed by atoms with Crippen LogP contribution in [0.2, 0.25) is 0 Å². The maximum atomic E-state index is 5.84. The van der Waals surface area contributed by atoms with Crippen LogP contribution < -0.4 is 11.1 Å². The summed E-state index contributed by atoms with van der Waals surface area (Å²) in [7, 11) is 0. The maximum absolute atomic E-state index is 5.84. The number of rotatable bonds is 3. The third kappa shape index (κ3) is 2.50. The molecule has 2 aromatic carbocycles. The van der Waals surface area contributed by atoms with E-state index >= 15 is 0 Å². The first-order valence-corrected chi connectivity index (χ1v) is 6.25. The number of pyridine rings is 1. The van der Waals surface area contributed by atoms with E-state index in [0.29, 0.717) is 0 Å². The van der Waals surface area contributed by atoms with E-state index in [4.69, 9.17) is 5.73 Å². The Kier molecular flexibility index (Phi) is 3.02. The fourth-order valence-electron chi connectivity index (χ4n) is 2.11. The van der Waals surface area contributed by atoms with Gasteiger partial charge in [0.25, 0.3) is 0 Å². The molecule has 0 unspecified atom stereocenters. The van der Waals surface area contributed by atoms with Crippen molar-refractivity contribution in [3.05, 3.63) is 66.4 Å². The van der Waals surface area contributed by atoms with Gasteiger partial charge >= 0.3 is 0 Å². The topological polar surface area (TPSA) is 50.9 Å². The van der Waals surface area contributed by atoms with Gasteiger partial charge in [-0.1, -0.05) is 30.3 Å². The second kappa shape index (κ2) is 4.98.